The largest absolute Gasteiger partial charge is 0.348 e. The number of aromatic nitrogens is 2. The van der Waals surface area contributed by atoms with Gasteiger partial charge in [0.05, 0.1) is 10.2 Å². The monoisotopic (exact) mass is 327 g/mol. The Bertz CT molecular complexity index is 483. The van der Waals surface area contributed by atoms with Gasteiger partial charge in [0, 0.05) is 13.1 Å². The van der Waals surface area contributed by atoms with Crippen LogP contribution in [0.2, 0.25) is 0 Å². The molecule has 1 aromatic rings. The summed E-state index contributed by atoms with van der Waals surface area (Å²) in [4.78, 5) is 12.4. The van der Waals surface area contributed by atoms with Gasteiger partial charge in [-0.15, -0.1) is 0 Å². The summed E-state index contributed by atoms with van der Waals surface area (Å²) in [6, 6.07) is 0.276. The van der Waals surface area contributed by atoms with Crippen molar-refractivity contribution in [1.82, 2.24) is 15.1 Å². The average molecular weight is 328 g/mol. The smallest absolute Gasteiger partial charge is 0.270 e. The van der Waals surface area contributed by atoms with Gasteiger partial charge in [0.1, 0.15) is 5.69 Å². The lowest BCUT2D eigenvalue weighted by Gasteiger charge is -2.34. The molecular weight excluding hydrogens is 306 g/mol. The van der Waals surface area contributed by atoms with Crippen molar-refractivity contribution in [3.8, 4) is 0 Å². The Morgan fingerprint density at radius 3 is 2.68 bits per heavy atom. The van der Waals surface area contributed by atoms with Crippen LogP contribution < -0.4 is 5.32 Å². The minimum Gasteiger partial charge on any atom is -0.348 e. The van der Waals surface area contributed by atoms with Gasteiger partial charge in [-0.25, -0.2) is 0 Å². The molecule has 1 fully saturated rings. The third-order valence-corrected chi connectivity index (χ3v) is 5.34. The average Bonchev–Trinajstić information content (AvgIpc) is 2.59. The first kappa shape index (κ1) is 14.6. The zero-order valence-corrected chi connectivity index (χ0v) is 13.6. The van der Waals surface area contributed by atoms with Crippen LogP contribution in [0.15, 0.2) is 4.47 Å². The molecule has 1 aliphatic rings. The second kappa shape index (κ2) is 5.65. The first-order chi connectivity index (χ1) is 8.91. The number of carbonyl (C=O) groups is 1. The zero-order chi connectivity index (χ0) is 14.2. The Balaban J connectivity index is 2.12. The second-order valence-corrected chi connectivity index (χ2v) is 6.51. The van der Waals surface area contributed by atoms with E-state index in [4.69, 9.17) is 0 Å². The molecule has 0 spiro atoms. The number of nitrogens with zero attached hydrogens (tertiary/aromatic N) is 2. The van der Waals surface area contributed by atoms with Crippen LogP contribution in [0.1, 0.15) is 49.3 Å². The lowest BCUT2D eigenvalue weighted by molar-refractivity contribution is 0.0880. The third kappa shape index (κ3) is 2.86. The molecule has 2 rings (SSSR count). The predicted octanol–water partition coefficient (Wildman–Crippen LogP) is 3.05. The molecule has 0 aliphatic heterocycles. The van der Waals surface area contributed by atoms with Crippen LogP contribution in [0, 0.1) is 18.8 Å². The molecule has 0 saturated heterocycles. The Morgan fingerprint density at radius 2 is 2.11 bits per heavy atom. The van der Waals surface area contributed by atoms with Gasteiger partial charge in [-0.2, -0.15) is 5.10 Å². The number of rotatable bonds is 2. The summed E-state index contributed by atoms with van der Waals surface area (Å²) >= 11 is 3.45. The minimum atomic E-state index is -0.0269. The fourth-order valence-corrected chi connectivity index (χ4v) is 3.42. The molecule has 0 unspecified atom stereocenters. The van der Waals surface area contributed by atoms with Crippen molar-refractivity contribution in [2.24, 2.45) is 18.9 Å². The first-order valence-corrected chi connectivity index (χ1v) is 7.71. The molecule has 0 radical (unpaired) electrons. The van der Waals surface area contributed by atoms with Crippen LogP contribution >= 0.6 is 15.9 Å². The molecule has 0 bridgehead atoms. The summed E-state index contributed by atoms with van der Waals surface area (Å²) in [5.41, 5.74) is 1.46. The van der Waals surface area contributed by atoms with Crippen LogP contribution in [0.5, 0.6) is 0 Å². The van der Waals surface area contributed by atoms with Crippen molar-refractivity contribution in [3.63, 3.8) is 0 Å². The molecule has 1 heterocycles. The number of hydrogen-bond donors (Lipinski definition) is 1. The molecule has 1 amide bonds. The Labute approximate surface area is 123 Å². The lowest BCUT2D eigenvalue weighted by Crippen LogP contribution is -2.44. The van der Waals surface area contributed by atoms with E-state index in [0.717, 1.165) is 16.6 Å². The number of halogens is 1. The fraction of sp³-hybridized carbons (Fsp3) is 0.714. The van der Waals surface area contributed by atoms with Gasteiger partial charge in [-0.1, -0.05) is 26.7 Å². The van der Waals surface area contributed by atoms with Crippen LogP contribution in [-0.4, -0.2) is 21.7 Å². The predicted molar refractivity (Wildman–Crippen MR) is 79.1 cm³/mol. The molecule has 1 N–H and O–H groups in total. The summed E-state index contributed by atoms with van der Waals surface area (Å²) in [6.45, 7) is 6.40. The molecule has 1 saturated carbocycles. The maximum absolute atomic E-state index is 12.4. The molecule has 4 nitrogen and oxygen atoms in total. The van der Waals surface area contributed by atoms with E-state index in [0.29, 0.717) is 17.5 Å². The van der Waals surface area contributed by atoms with Crippen molar-refractivity contribution in [1.29, 1.82) is 0 Å². The topological polar surface area (TPSA) is 46.9 Å². The van der Waals surface area contributed by atoms with Gasteiger partial charge < -0.3 is 5.32 Å². The van der Waals surface area contributed by atoms with E-state index in [9.17, 15) is 4.79 Å². The standard InChI is InChI=1S/C14H22BrN3O/c1-8-6-5-7-11(9(8)2)16-14(19)13-12(15)10(3)17-18(13)4/h8-9,11H,5-7H2,1-4H3,(H,16,19)/t8-,9+,11-/m1/s1. The van der Waals surface area contributed by atoms with Gasteiger partial charge in [-0.3, -0.25) is 9.48 Å². The van der Waals surface area contributed by atoms with Gasteiger partial charge in [0.2, 0.25) is 0 Å². The Hall–Kier alpha value is -0.840. The molecule has 1 aromatic heterocycles. The number of carbonyl (C=O) groups excluding carboxylic acids is 1. The SMILES string of the molecule is Cc1nn(C)c(C(=O)N[C@@H]2CCC[C@@H](C)[C@@H]2C)c1Br. The summed E-state index contributed by atoms with van der Waals surface area (Å²) in [7, 11) is 1.81. The van der Waals surface area contributed by atoms with Crippen molar-refractivity contribution >= 4 is 21.8 Å². The zero-order valence-electron chi connectivity index (χ0n) is 12.0. The van der Waals surface area contributed by atoms with E-state index < -0.39 is 0 Å². The summed E-state index contributed by atoms with van der Waals surface area (Å²) in [6.07, 6.45) is 3.54. The molecular formula is C14H22BrN3O. The van der Waals surface area contributed by atoms with Crippen molar-refractivity contribution < 1.29 is 4.79 Å². The number of aryl methyl sites for hydroxylation is 2. The highest BCUT2D eigenvalue weighted by molar-refractivity contribution is 9.10. The highest BCUT2D eigenvalue weighted by Gasteiger charge is 2.29. The van der Waals surface area contributed by atoms with E-state index in [2.05, 4.69) is 40.2 Å². The van der Waals surface area contributed by atoms with Crippen molar-refractivity contribution in [2.45, 2.75) is 46.1 Å². The molecule has 0 aromatic carbocycles. The third-order valence-electron chi connectivity index (χ3n) is 4.39. The minimum absolute atomic E-state index is 0.0269. The molecule has 5 heteroatoms. The summed E-state index contributed by atoms with van der Waals surface area (Å²) in [5.74, 6) is 1.18. The van der Waals surface area contributed by atoms with Crippen molar-refractivity contribution in [3.05, 3.63) is 15.9 Å². The maximum atomic E-state index is 12.4. The Morgan fingerprint density at radius 1 is 1.42 bits per heavy atom. The van der Waals surface area contributed by atoms with Gasteiger partial charge in [-0.05, 0) is 41.1 Å². The maximum Gasteiger partial charge on any atom is 0.270 e. The quantitative estimate of drug-likeness (QED) is 0.907. The van der Waals surface area contributed by atoms with Gasteiger partial charge in [0.15, 0.2) is 0 Å². The van der Waals surface area contributed by atoms with Crippen LogP contribution in [0.4, 0.5) is 0 Å². The molecule has 106 valence electrons. The normalized spacial score (nSPS) is 27.3. The molecule has 19 heavy (non-hydrogen) atoms. The lowest BCUT2D eigenvalue weighted by atomic mass is 9.78. The highest BCUT2D eigenvalue weighted by Crippen LogP contribution is 2.30. The Kier molecular flexibility index (Phi) is 4.33. The van der Waals surface area contributed by atoms with Crippen LogP contribution in [0.25, 0.3) is 0 Å². The summed E-state index contributed by atoms with van der Waals surface area (Å²) < 4.78 is 2.44. The second-order valence-electron chi connectivity index (χ2n) is 5.72. The van der Waals surface area contributed by atoms with E-state index in [1.54, 1.807) is 11.7 Å². The van der Waals surface area contributed by atoms with E-state index in [1.165, 1.54) is 12.8 Å². The van der Waals surface area contributed by atoms with Gasteiger partial charge in [0.25, 0.3) is 5.91 Å². The highest BCUT2D eigenvalue weighted by atomic mass is 79.9. The van der Waals surface area contributed by atoms with E-state index in [1.807, 2.05) is 6.92 Å². The van der Waals surface area contributed by atoms with E-state index in [-0.39, 0.29) is 11.9 Å². The van der Waals surface area contributed by atoms with Crippen molar-refractivity contribution in [2.75, 3.05) is 0 Å². The number of hydrogen-bond acceptors (Lipinski definition) is 2. The number of amides is 1. The first-order valence-electron chi connectivity index (χ1n) is 6.91. The van der Waals surface area contributed by atoms with Crippen LogP contribution in [0.3, 0.4) is 0 Å². The van der Waals surface area contributed by atoms with E-state index >= 15 is 0 Å². The fourth-order valence-electron chi connectivity index (χ4n) is 2.90. The van der Waals surface area contributed by atoms with Crippen LogP contribution in [-0.2, 0) is 7.05 Å². The number of nitrogens with one attached hydrogen (secondary N) is 1. The summed E-state index contributed by atoms with van der Waals surface area (Å²) in [5, 5.41) is 7.45. The van der Waals surface area contributed by atoms with Gasteiger partial charge >= 0.3 is 0 Å². The molecule has 1 aliphatic carbocycles. The molecule has 3 atom stereocenters.